The molecule has 0 rings (SSSR count). The molecule has 3 N–H and O–H groups in total. The van der Waals surface area contributed by atoms with Crippen LogP contribution in [0, 0.1) is 0 Å². The molecule has 0 heterocycles. The Bertz CT molecular complexity index is 186. The number of carbonyl (C=O) groups excluding carboxylic acids is 1. The van der Waals surface area contributed by atoms with Crippen LogP contribution in [0.5, 0.6) is 0 Å². The van der Waals surface area contributed by atoms with Crippen LogP contribution in [0.3, 0.4) is 0 Å². The van der Waals surface area contributed by atoms with E-state index in [4.69, 9.17) is 15.6 Å². The minimum Gasteiger partial charge on any atom is -0.462 e. The lowest BCUT2D eigenvalue weighted by molar-refractivity contribution is -0.137. The highest BCUT2D eigenvalue weighted by Crippen LogP contribution is 1.99. The zero-order valence-corrected chi connectivity index (χ0v) is 8.66. The number of carbonyl (C=O) groups is 1. The number of allylic oxidation sites excluding steroid dienone is 1. The van der Waals surface area contributed by atoms with Crippen molar-refractivity contribution in [2.75, 3.05) is 13.2 Å². The van der Waals surface area contributed by atoms with E-state index in [-0.39, 0.29) is 12.6 Å². The standard InChI is InChI=1S/C10H19NO3/c1-9(11)8-10(13)14-7-5-3-2-4-6-12/h8,12H,2-7,11H2,1H3/b9-8-. The third-order valence-electron chi connectivity index (χ3n) is 1.64. The lowest BCUT2D eigenvalue weighted by Gasteiger charge is -2.01. The lowest BCUT2D eigenvalue weighted by atomic mass is 10.2. The summed E-state index contributed by atoms with van der Waals surface area (Å²) in [6, 6.07) is 0. The van der Waals surface area contributed by atoms with Crippen molar-refractivity contribution >= 4 is 5.97 Å². The Morgan fingerprint density at radius 1 is 1.36 bits per heavy atom. The summed E-state index contributed by atoms with van der Waals surface area (Å²) in [4.78, 5) is 10.9. The third kappa shape index (κ3) is 9.06. The molecule has 0 spiro atoms. The number of nitrogens with two attached hydrogens (primary N) is 1. The van der Waals surface area contributed by atoms with E-state index >= 15 is 0 Å². The fourth-order valence-electron chi connectivity index (χ4n) is 0.968. The van der Waals surface area contributed by atoms with Gasteiger partial charge < -0.3 is 15.6 Å². The van der Waals surface area contributed by atoms with Gasteiger partial charge in [0.1, 0.15) is 0 Å². The van der Waals surface area contributed by atoms with Crippen LogP contribution in [0.2, 0.25) is 0 Å². The predicted octanol–water partition coefficient (Wildman–Crippen LogP) is 0.945. The molecule has 4 nitrogen and oxygen atoms in total. The molecule has 0 aromatic carbocycles. The second-order valence-electron chi connectivity index (χ2n) is 3.19. The van der Waals surface area contributed by atoms with Crippen LogP contribution in [0.25, 0.3) is 0 Å². The van der Waals surface area contributed by atoms with Gasteiger partial charge in [-0.25, -0.2) is 4.79 Å². The molecule has 0 amide bonds. The van der Waals surface area contributed by atoms with Gasteiger partial charge in [-0.3, -0.25) is 0 Å². The largest absolute Gasteiger partial charge is 0.462 e. The fraction of sp³-hybridized carbons (Fsp3) is 0.700. The molecule has 0 aromatic rings. The molecule has 0 saturated heterocycles. The Kier molecular flexibility index (Phi) is 7.93. The maximum Gasteiger partial charge on any atom is 0.332 e. The summed E-state index contributed by atoms with van der Waals surface area (Å²) in [7, 11) is 0. The molecule has 0 saturated carbocycles. The molecule has 0 aromatic heterocycles. The fourth-order valence-corrected chi connectivity index (χ4v) is 0.968. The van der Waals surface area contributed by atoms with Crippen LogP contribution in [0.4, 0.5) is 0 Å². The number of hydrogen-bond acceptors (Lipinski definition) is 4. The van der Waals surface area contributed by atoms with Crippen LogP contribution in [-0.4, -0.2) is 24.3 Å². The molecule has 4 heteroatoms. The molecule has 0 unspecified atom stereocenters. The minimum atomic E-state index is -0.382. The molecule has 0 aliphatic carbocycles. The zero-order chi connectivity index (χ0) is 10.8. The normalized spacial score (nSPS) is 11.4. The monoisotopic (exact) mass is 201 g/mol. The van der Waals surface area contributed by atoms with E-state index in [1.165, 1.54) is 6.08 Å². The van der Waals surface area contributed by atoms with E-state index in [1.807, 2.05) is 0 Å². The van der Waals surface area contributed by atoms with E-state index in [1.54, 1.807) is 6.92 Å². The van der Waals surface area contributed by atoms with E-state index in [0.29, 0.717) is 12.3 Å². The molecule has 0 bridgehead atoms. The minimum absolute atomic E-state index is 0.231. The summed E-state index contributed by atoms with van der Waals surface area (Å²) in [5.41, 5.74) is 5.75. The van der Waals surface area contributed by atoms with Gasteiger partial charge in [0.2, 0.25) is 0 Å². The van der Waals surface area contributed by atoms with Crippen LogP contribution in [-0.2, 0) is 9.53 Å². The molecule has 82 valence electrons. The first kappa shape index (κ1) is 13.0. The summed E-state index contributed by atoms with van der Waals surface area (Å²) >= 11 is 0. The van der Waals surface area contributed by atoms with Gasteiger partial charge in [-0.05, 0) is 26.2 Å². The first-order valence-electron chi connectivity index (χ1n) is 4.88. The first-order valence-corrected chi connectivity index (χ1v) is 4.88. The summed E-state index contributed by atoms with van der Waals surface area (Å²) in [6.45, 7) is 2.30. The van der Waals surface area contributed by atoms with Gasteiger partial charge in [0, 0.05) is 18.4 Å². The number of aliphatic hydroxyl groups excluding tert-OH is 1. The topological polar surface area (TPSA) is 72.6 Å². The molecular formula is C10H19NO3. The van der Waals surface area contributed by atoms with Crippen LogP contribution in [0.1, 0.15) is 32.6 Å². The third-order valence-corrected chi connectivity index (χ3v) is 1.64. The van der Waals surface area contributed by atoms with E-state index < -0.39 is 0 Å². The Morgan fingerprint density at radius 2 is 2.00 bits per heavy atom. The highest BCUT2D eigenvalue weighted by Gasteiger charge is 1.97. The van der Waals surface area contributed by atoms with Crippen molar-refractivity contribution in [3.05, 3.63) is 11.8 Å². The quantitative estimate of drug-likeness (QED) is 0.365. The summed E-state index contributed by atoms with van der Waals surface area (Å²) < 4.78 is 4.88. The average molecular weight is 201 g/mol. The van der Waals surface area contributed by atoms with Gasteiger partial charge >= 0.3 is 5.97 Å². The molecule has 0 atom stereocenters. The van der Waals surface area contributed by atoms with E-state index in [2.05, 4.69) is 0 Å². The van der Waals surface area contributed by atoms with Crippen molar-refractivity contribution in [2.24, 2.45) is 5.73 Å². The van der Waals surface area contributed by atoms with Gasteiger partial charge in [-0.2, -0.15) is 0 Å². The maximum absolute atomic E-state index is 10.9. The number of esters is 1. The van der Waals surface area contributed by atoms with Crippen molar-refractivity contribution in [1.29, 1.82) is 0 Å². The van der Waals surface area contributed by atoms with Gasteiger partial charge in [-0.1, -0.05) is 6.42 Å². The Balaban J connectivity index is 3.28. The molecular weight excluding hydrogens is 182 g/mol. The van der Waals surface area contributed by atoms with Crippen molar-refractivity contribution in [3.63, 3.8) is 0 Å². The van der Waals surface area contributed by atoms with Crippen LogP contribution in [0.15, 0.2) is 11.8 Å². The first-order chi connectivity index (χ1) is 6.66. The molecule has 0 aliphatic heterocycles. The Labute approximate surface area is 84.7 Å². The number of aliphatic hydroxyl groups is 1. The maximum atomic E-state index is 10.9. The second kappa shape index (κ2) is 8.56. The second-order valence-corrected chi connectivity index (χ2v) is 3.19. The van der Waals surface area contributed by atoms with Crippen molar-refractivity contribution in [1.82, 2.24) is 0 Å². The Morgan fingerprint density at radius 3 is 2.57 bits per heavy atom. The Hall–Kier alpha value is -1.03. The highest BCUT2D eigenvalue weighted by molar-refractivity contribution is 5.82. The number of ether oxygens (including phenoxy) is 1. The number of rotatable bonds is 7. The van der Waals surface area contributed by atoms with E-state index in [0.717, 1.165) is 25.7 Å². The predicted molar refractivity (Wildman–Crippen MR) is 54.5 cm³/mol. The average Bonchev–Trinajstić information content (AvgIpc) is 2.10. The smallest absolute Gasteiger partial charge is 0.332 e. The van der Waals surface area contributed by atoms with Crippen LogP contribution < -0.4 is 5.73 Å². The summed E-state index contributed by atoms with van der Waals surface area (Å²) in [5.74, 6) is -0.382. The van der Waals surface area contributed by atoms with Crippen molar-refractivity contribution in [2.45, 2.75) is 32.6 Å². The van der Waals surface area contributed by atoms with E-state index in [9.17, 15) is 4.79 Å². The zero-order valence-electron chi connectivity index (χ0n) is 8.66. The number of unbranched alkanes of at least 4 members (excludes halogenated alkanes) is 3. The van der Waals surface area contributed by atoms with Crippen molar-refractivity contribution in [3.8, 4) is 0 Å². The van der Waals surface area contributed by atoms with Gasteiger partial charge in [0.15, 0.2) is 0 Å². The van der Waals surface area contributed by atoms with Gasteiger partial charge in [-0.15, -0.1) is 0 Å². The molecule has 0 radical (unpaired) electrons. The lowest BCUT2D eigenvalue weighted by Crippen LogP contribution is -2.05. The SMILES string of the molecule is C/C(N)=C/C(=O)OCCCCCCO. The molecule has 14 heavy (non-hydrogen) atoms. The number of hydrogen-bond donors (Lipinski definition) is 2. The van der Waals surface area contributed by atoms with Gasteiger partial charge in [0.05, 0.1) is 6.61 Å². The van der Waals surface area contributed by atoms with Crippen LogP contribution >= 0.6 is 0 Å². The van der Waals surface area contributed by atoms with Gasteiger partial charge in [0.25, 0.3) is 0 Å². The molecule has 0 fully saturated rings. The molecule has 0 aliphatic rings. The van der Waals surface area contributed by atoms with Crippen molar-refractivity contribution < 1.29 is 14.6 Å². The summed E-state index contributed by atoms with van der Waals surface area (Å²) in [6.07, 6.45) is 4.87. The summed E-state index contributed by atoms with van der Waals surface area (Å²) in [5, 5.41) is 8.50. The highest BCUT2D eigenvalue weighted by atomic mass is 16.5.